The lowest BCUT2D eigenvalue weighted by molar-refractivity contribution is -0.136. The largest absolute Gasteiger partial charge is 0.379 e. The summed E-state index contributed by atoms with van der Waals surface area (Å²) in [6.07, 6.45) is 0.669. The predicted molar refractivity (Wildman–Crippen MR) is 108 cm³/mol. The third-order valence-electron chi connectivity index (χ3n) is 5.68. The molecule has 2 fully saturated rings. The van der Waals surface area contributed by atoms with E-state index in [9.17, 15) is 14.0 Å². The molecule has 0 aromatic heterocycles. The van der Waals surface area contributed by atoms with Gasteiger partial charge >= 0.3 is 0 Å². The van der Waals surface area contributed by atoms with Gasteiger partial charge < -0.3 is 15.0 Å². The number of nitrogens with one attached hydrogen (secondary N) is 1. The van der Waals surface area contributed by atoms with E-state index in [1.54, 1.807) is 12.1 Å². The highest BCUT2D eigenvalue weighted by atomic mass is 19.1. The van der Waals surface area contributed by atoms with Crippen molar-refractivity contribution in [2.75, 3.05) is 65.6 Å². The maximum absolute atomic E-state index is 12.9. The molecule has 2 aliphatic heterocycles. The van der Waals surface area contributed by atoms with E-state index in [1.807, 2.05) is 11.8 Å². The first-order valence-corrected chi connectivity index (χ1v) is 10.4. The molecule has 160 valence electrons. The molecule has 0 bridgehead atoms. The van der Waals surface area contributed by atoms with Crippen molar-refractivity contribution < 1.29 is 18.7 Å². The Bertz CT molecular complexity index is 671. The first-order valence-electron chi connectivity index (χ1n) is 10.4. The van der Waals surface area contributed by atoms with Crippen molar-refractivity contribution in [2.45, 2.75) is 19.4 Å². The number of nitrogens with zero attached hydrogens (tertiary/aromatic N) is 3. The minimum absolute atomic E-state index is 0.0137. The average molecular weight is 407 g/mol. The van der Waals surface area contributed by atoms with Crippen LogP contribution in [0.5, 0.6) is 0 Å². The van der Waals surface area contributed by atoms with Crippen molar-refractivity contribution in [3.05, 3.63) is 35.6 Å². The topological polar surface area (TPSA) is 65.1 Å². The quantitative estimate of drug-likeness (QED) is 0.708. The van der Waals surface area contributed by atoms with Gasteiger partial charge in [-0.3, -0.25) is 19.4 Å². The number of piperazine rings is 1. The van der Waals surface area contributed by atoms with Gasteiger partial charge in [0.05, 0.1) is 25.8 Å². The second-order valence-corrected chi connectivity index (χ2v) is 7.65. The van der Waals surface area contributed by atoms with Crippen LogP contribution in [-0.4, -0.2) is 98.1 Å². The molecular formula is C21H31FN4O3. The van der Waals surface area contributed by atoms with E-state index in [0.717, 1.165) is 18.7 Å². The molecule has 1 unspecified atom stereocenters. The Morgan fingerprint density at radius 2 is 1.72 bits per heavy atom. The highest BCUT2D eigenvalue weighted by Crippen LogP contribution is 2.09. The van der Waals surface area contributed by atoms with Crippen molar-refractivity contribution in [3.63, 3.8) is 0 Å². The molecule has 0 spiro atoms. The summed E-state index contributed by atoms with van der Waals surface area (Å²) in [6.45, 7) is 8.55. The first kappa shape index (κ1) is 21.7. The molecule has 1 atom stereocenters. The lowest BCUT2D eigenvalue weighted by atomic mass is 10.1. The van der Waals surface area contributed by atoms with Gasteiger partial charge in [-0.15, -0.1) is 0 Å². The van der Waals surface area contributed by atoms with Gasteiger partial charge in [-0.25, -0.2) is 4.39 Å². The highest BCUT2D eigenvalue weighted by molar-refractivity contribution is 5.81. The monoisotopic (exact) mass is 406 g/mol. The van der Waals surface area contributed by atoms with Crippen LogP contribution in [0.1, 0.15) is 12.5 Å². The fourth-order valence-electron chi connectivity index (χ4n) is 3.70. The number of ether oxygens (including phenoxy) is 1. The van der Waals surface area contributed by atoms with E-state index in [4.69, 9.17) is 4.74 Å². The van der Waals surface area contributed by atoms with Gasteiger partial charge in [-0.05, 0) is 31.0 Å². The highest BCUT2D eigenvalue weighted by Gasteiger charge is 2.28. The van der Waals surface area contributed by atoms with Crippen LogP contribution in [0.15, 0.2) is 24.3 Å². The first-order chi connectivity index (χ1) is 14.0. The zero-order valence-electron chi connectivity index (χ0n) is 17.1. The number of halogens is 1. The lowest BCUT2D eigenvalue weighted by Gasteiger charge is -2.38. The third-order valence-corrected chi connectivity index (χ3v) is 5.68. The summed E-state index contributed by atoms with van der Waals surface area (Å²) in [5.74, 6) is -0.114. The molecular weight excluding hydrogens is 375 g/mol. The number of carbonyl (C=O) groups is 2. The number of rotatable bonds is 7. The second kappa shape index (κ2) is 10.7. The molecule has 2 saturated heterocycles. The van der Waals surface area contributed by atoms with E-state index in [2.05, 4.69) is 15.1 Å². The Balaban J connectivity index is 1.36. The lowest BCUT2D eigenvalue weighted by Crippen LogP contribution is -2.56. The van der Waals surface area contributed by atoms with Crippen molar-refractivity contribution >= 4 is 11.8 Å². The molecule has 1 aromatic carbocycles. The molecule has 29 heavy (non-hydrogen) atoms. The van der Waals surface area contributed by atoms with E-state index in [0.29, 0.717) is 58.9 Å². The summed E-state index contributed by atoms with van der Waals surface area (Å²) in [5.41, 5.74) is 0.992. The van der Waals surface area contributed by atoms with E-state index in [-0.39, 0.29) is 23.7 Å². The Morgan fingerprint density at radius 1 is 1.07 bits per heavy atom. The molecule has 8 heteroatoms. The number of hydrogen-bond donors (Lipinski definition) is 1. The zero-order chi connectivity index (χ0) is 20.6. The number of carbonyl (C=O) groups excluding carboxylic acids is 2. The van der Waals surface area contributed by atoms with Gasteiger partial charge in [-0.2, -0.15) is 0 Å². The van der Waals surface area contributed by atoms with Crippen LogP contribution in [0, 0.1) is 5.82 Å². The Kier molecular flexibility index (Phi) is 7.97. The van der Waals surface area contributed by atoms with Crippen molar-refractivity contribution in [1.29, 1.82) is 0 Å². The van der Waals surface area contributed by atoms with Gasteiger partial charge in [0, 0.05) is 45.8 Å². The number of benzene rings is 1. The molecule has 3 rings (SSSR count). The smallest absolute Gasteiger partial charge is 0.237 e. The Hall–Kier alpha value is -2.03. The molecule has 0 aliphatic carbocycles. The maximum atomic E-state index is 12.9. The Labute approximate surface area is 171 Å². The number of hydrogen-bond acceptors (Lipinski definition) is 5. The van der Waals surface area contributed by atoms with Crippen molar-refractivity contribution in [1.82, 2.24) is 20.0 Å². The van der Waals surface area contributed by atoms with Crippen LogP contribution in [0.4, 0.5) is 4.39 Å². The third kappa shape index (κ3) is 6.48. The molecule has 1 aromatic rings. The normalized spacial score (nSPS) is 19.7. The molecule has 7 nitrogen and oxygen atoms in total. The molecule has 2 amide bonds. The van der Waals surface area contributed by atoms with E-state index >= 15 is 0 Å². The van der Waals surface area contributed by atoms with Gasteiger partial charge in [-0.1, -0.05) is 12.1 Å². The van der Waals surface area contributed by atoms with Gasteiger partial charge in [0.2, 0.25) is 11.8 Å². The van der Waals surface area contributed by atoms with Crippen molar-refractivity contribution in [2.24, 2.45) is 0 Å². The van der Waals surface area contributed by atoms with Crippen LogP contribution < -0.4 is 5.32 Å². The predicted octanol–water partition coefficient (Wildman–Crippen LogP) is 0.349. The van der Waals surface area contributed by atoms with Gasteiger partial charge in [0.15, 0.2) is 0 Å². The van der Waals surface area contributed by atoms with Gasteiger partial charge in [0.1, 0.15) is 5.82 Å². The standard InChI is InChI=1S/C21H31FN4O3/c1-17(21(28)23-7-6-18-2-4-19(22)5-3-18)25-8-10-26(11-9-25)20(27)16-24-12-14-29-15-13-24/h2-5,17H,6-16H2,1H3,(H,23,28). The average Bonchev–Trinajstić information content (AvgIpc) is 2.75. The minimum atomic E-state index is -0.256. The summed E-state index contributed by atoms with van der Waals surface area (Å²) in [4.78, 5) is 31.1. The molecule has 2 aliphatic rings. The minimum Gasteiger partial charge on any atom is -0.379 e. The van der Waals surface area contributed by atoms with E-state index in [1.165, 1.54) is 12.1 Å². The summed E-state index contributed by atoms with van der Waals surface area (Å²) in [7, 11) is 0. The van der Waals surface area contributed by atoms with Crippen molar-refractivity contribution in [3.8, 4) is 0 Å². The fourth-order valence-corrected chi connectivity index (χ4v) is 3.70. The second-order valence-electron chi connectivity index (χ2n) is 7.65. The molecule has 1 N–H and O–H groups in total. The SMILES string of the molecule is CC(C(=O)NCCc1ccc(F)cc1)N1CCN(C(=O)CN2CCOCC2)CC1. The number of amides is 2. The summed E-state index contributed by atoms with van der Waals surface area (Å²) < 4.78 is 18.3. The van der Waals surface area contributed by atoms with Crippen LogP contribution in [0.3, 0.4) is 0 Å². The van der Waals surface area contributed by atoms with Gasteiger partial charge in [0.25, 0.3) is 0 Å². The fraction of sp³-hybridized carbons (Fsp3) is 0.619. The summed E-state index contributed by atoms with van der Waals surface area (Å²) in [5, 5.41) is 2.96. The van der Waals surface area contributed by atoms with Crippen LogP contribution >= 0.6 is 0 Å². The Morgan fingerprint density at radius 3 is 2.38 bits per heavy atom. The molecule has 0 radical (unpaired) electrons. The number of morpholine rings is 1. The van der Waals surface area contributed by atoms with Crippen LogP contribution in [0.25, 0.3) is 0 Å². The zero-order valence-corrected chi connectivity index (χ0v) is 17.1. The summed E-state index contributed by atoms with van der Waals surface area (Å²) in [6, 6.07) is 6.09. The van der Waals surface area contributed by atoms with E-state index < -0.39 is 0 Å². The molecule has 2 heterocycles. The van der Waals surface area contributed by atoms with Crippen LogP contribution in [0.2, 0.25) is 0 Å². The van der Waals surface area contributed by atoms with Crippen LogP contribution in [-0.2, 0) is 20.7 Å². The molecule has 0 saturated carbocycles. The maximum Gasteiger partial charge on any atom is 0.237 e. The summed E-state index contributed by atoms with van der Waals surface area (Å²) >= 11 is 0.